The Morgan fingerprint density at radius 2 is 1.83 bits per heavy atom. The molecule has 1 heterocycles. The third kappa shape index (κ3) is 2.81. The molecule has 0 aromatic heterocycles. The summed E-state index contributed by atoms with van der Waals surface area (Å²) in [5.41, 5.74) is -1.68. The second kappa shape index (κ2) is 5.11. The Morgan fingerprint density at radius 3 is 2.33 bits per heavy atom. The fourth-order valence-electron chi connectivity index (χ4n) is 1.88. The van der Waals surface area contributed by atoms with Gasteiger partial charge in [0, 0.05) is 11.3 Å². The molecule has 0 saturated carbocycles. The molecular weight excluding hydrogens is 265 g/mol. The highest BCUT2D eigenvalue weighted by Crippen LogP contribution is 2.38. The van der Waals surface area contributed by atoms with Crippen LogP contribution in [0.5, 0.6) is 0 Å². The van der Waals surface area contributed by atoms with E-state index in [-0.39, 0.29) is 19.6 Å². The van der Waals surface area contributed by atoms with E-state index in [9.17, 15) is 13.2 Å². The van der Waals surface area contributed by atoms with E-state index in [1.54, 1.807) is 24.3 Å². The molecular formula is C12H13F3O2S. The molecule has 0 amide bonds. The largest absolute Gasteiger partial charge is 0.420 e. The predicted octanol–water partition coefficient (Wildman–Crippen LogP) is 2.87. The second-order valence-electron chi connectivity index (χ2n) is 4.24. The molecule has 1 saturated heterocycles. The lowest BCUT2D eigenvalue weighted by Gasteiger charge is -2.38. The van der Waals surface area contributed by atoms with Gasteiger partial charge in [-0.2, -0.15) is 13.2 Å². The van der Waals surface area contributed by atoms with E-state index in [1.807, 2.05) is 0 Å². The molecule has 0 aliphatic carbocycles. The summed E-state index contributed by atoms with van der Waals surface area (Å²) >= 11 is 4.10. The first-order chi connectivity index (χ1) is 8.43. The minimum absolute atomic E-state index is 0.0375. The SMILES string of the molecule is FC(F)(F)C1(Cc2ccc(S)cc2)COCCO1. The van der Waals surface area contributed by atoms with Crippen LogP contribution in [0.2, 0.25) is 0 Å². The molecule has 2 nitrogen and oxygen atoms in total. The third-order valence-electron chi connectivity index (χ3n) is 2.88. The van der Waals surface area contributed by atoms with Crippen molar-refractivity contribution in [2.45, 2.75) is 23.1 Å². The topological polar surface area (TPSA) is 18.5 Å². The quantitative estimate of drug-likeness (QED) is 0.839. The van der Waals surface area contributed by atoms with Crippen LogP contribution in [0.1, 0.15) is 5.56 Å². The lowest BCUT2D eigenvalue weighted by atomic mass is 9.93. The number of ether oxygens (including phenoxy) is 2. The Hall–Kier alpha value is -0.720. The van der Waals surface area contributed by atoms with E-state index in [2.05, 4.69) is 12.6 Å². The smallest absolute Gasteiger partial charge is 0.376 e. The number of thiol groups is 1. The number of rotatable bonds is 2. The van der Waals surface area contributed by atoms with Gasteiger partial charge in [0.05, 0.1) is 19.8 Å². The molecule has 18 heavy (non-hydrogen) atoms. The van der Waals surface area contributed by atoms with Gasteiger partial charge in [0.15, 0.2) is 5.60 Å². The van der Waals surface area contributed by atoms with Gasteiger partial charge in [-0.15, -0.1) is 12.6 Å². The average Bonchev–Trinajstić information content (AvgIpc) is 2.32. The molecule has 6 heteroatoms. The van der Waals surface area contributed by atoms with E-state index >= 15 is 0 Å². The molecule has 1 fully saturated rings. The van der Waals surface area contributed by atoms with Gasteiger partial charge in [0.2, 0.25) is 0 Å². The normalized spacial score (nSPS) is 25.1. The first-order valence-electron chi connectivity index (χ1n) is 5.49. The first-order valence-corrected chi connectivity index (χ1v) is 5.94. The number of benzene rings is 1. The van der Waals surface area contributed by atoms with Crippen LogP contribution in [0.25, 0.3) is 0 Å². The molecule has 0 radical (unpaired) electrons. The molecule has 1 aromatic carbocycles. The zero-order valence-electron chi connectivity index (χ0n) is 9.54. The highest BCUT2D eigenvalue weighted by atomic mass is 32.1. The molecule has 1 aromatic rings. The molecule has 1 unspecified atom stereocenters. The molecule has 1 atom stereocenters. The van der Waals surface area contributed by atoms with E-state index in [0.717, 1.165) is 0 Å². The Labute approximate surface area is 108 Å². The highest BCUT2D eigenvalue weighted by molar-refractivity contribution is 7.80. The summed E-state index contributed by atoms with van der Waals surface area (Å²) in [5.74, 6) is 0. The minimum Gasteiger partial charge on any atom is -0.376 e. The predicted molar refractivity (Wildman–Crippen MR) is 63.0 cm³/mol. The average molecular weight is 278 g/mol. The number of hydrogen-bond acceptors (Lipinski definition) is 3. The summed E-state index contributed by atoms with van der Waals surface area (Å²) in [4.78, 5) is 0.709. The van der Waals surface area contributed by atoms with Gasteiger partial charge in [-0.25, -0.2) is 0 Å². The zero-order chi connectivity index (χ0) is 13.2. The summed E-state index contributed by atoms with van der Waals surface area (Å²) in [6.45, 7) is -0.295. The number of halogens is 3. The van der Waals surface area contributed by atoms with Crippen molar-refractivity contribution >= 4 is 12.6 Å². The minimum atomic E-state index is -4.45. The molecule has 1 aliphatic rings. The summed E-state index contributed by atoms with van der Waals surface area (Å²) < 4.78 is 49.4. The highest BCUT2D eigenvalue weighted by Gasteiger charge is 2.57. The van der Waals surface area contributed by atoms with E-state index in [0.29, 0.717) is 10.5 Å². The van der Waals surface area contributed by atoms with Gasteiger partial charge in [-0.1, -0.05) is 12.1 Å². The van der Waals surface area contributed by atoms with Crippen LogP contribution in [0.3, 0.4) is 0 Å². The Balaban J connectivity index is 2.22. The van der Waals surface area contributed by atoms with E-state index in [1.165, 1.54) is 0 Å². The molecule has 2 rings (SSSR count). The van der Waals surface area contributed by atoms with Gasteiger partial charge in [0.1, 0.15) is 0 Å². The van der Waals surface area contributed by atoms with Crippen molar-refractivity contribution in [3.63, 3.8) is 0 Å². The van der Waals surface area contributed by atoms with Gasteiger partial charge in [-0.05, 0) is 17.7 Å². The molecule has 0 N–H and O–H groups in total. The number of alkyl halides is 3. The van der Waals surface area contributed by atoms with Crippen LogP contribution in [-0.2, 0) is 15.9 Å². The lowest BCUT2D eigenvalue weighted by Crippen LogP contribution is -2.56. The Morgan fingerprint density at radius 1 is 1.17 bits per heavy atom. The van der Waals surface area contributed by atoms with Crippen molar-refractivity contribution < 1.29 is 22.6 Å². The first kappa shape index (κ1) is 13.7. The van der Waals surface area contributed by atoms with Crippen LogP contribution < -0.4 is 0 Å². The van der Waals surface area contributed by atoms with Gasteiger partial charge >= 0.3 is 6.18 Å². The van der Waals surface area contributed by atoms with E-state index < -0.39 is 18.4 Å². The maximum Gasteiger partial charge on any atom is 0.420 e. The lowest BCUT2D eigenvalue weighted by molar-refractivity contribution is -0.312. The van der Waals surface area contributed by atoms with Gasteiger partial charge < -0.3 is 9.47 Å². The molecule has 1 aliphatic heterocycles. The monoisotopic (exact) mass is 278 g/mol. The standard InChI is InChI=1S/C12H13F3O2S/c13-12(14,15)11(8-16-5-6-17-11)7-9-1-3-10(18)4-2-9/h1-4,18H,5-8H2. The van der Waals surface area contributed by atoms with Gasteiger partial charge in [0.25, 0.3) is 0 Å². The summed E-state index contributed by atoms with van der Waals surface area (Å²) in [6, 6.07) is 6.56. The maximum atomic E-state index is 13.1. The zero-order valence-corrected chi connectivity index (χ0v) is 10.4. The van der Waals surface area contributed by atoms with Crippen molar-refractivity contribution in [3.05, 3.63) is 29.8 Å². The van der Waals surface area contributed by atoms with Crippen molar-refractivity contribution in [2.24, 2.45) is 0 Å². The summed E-state index contributed by atoms with van der Waals surface area (Å²) in [6.07, 6.45) is -4.70. The molecule has 0 bridgehead atoms. The van der Waals surface area contributed by atoms with Crippen LogP contribution in [-0.4, -0.2) is 31.6 Å². The van der Waals surface area contributed by atoms with Crippen molar-refractivity contribution in [1.29, 1.82) is 0 Å². The van der Waals surface area contributed by atoms with Crippen molar-refractivity contribution in [2.75, 3.05) is 19.8 Å². The third-order valence-corrected chi connectivity index (χ3v) is 3.18. The maximum absolute atomic E-state index is 13.1. The Kier molecular flexibility index (Phi) is 3.89. The van der Waals surface area contributed by atoms with Crippen LogP contribution in [0.4, 0.5) is 13.2 Å². The fraction of sp³-hybridized carbons (Fsp3) is 0.500. The molecule has 100 valence electrons. The Bertz CT molecular complexity index is 397. The van der Waals surface area contributed by atoms with Crippen molar-refractivity contribution in [3.8, 4) is 0 Å². The summed E-state index contributed by atoms with van der Waals surface area (Å²) in [7, 11) is 0. The second-order valence-corrected chi connectivity index (χ2v) is 4.75. The van der Waals surface area contributed by atoms with Crippen LogP contribution >= 0.6 is 12.6 Å². The summed E-state index contributed by atoms with van der Waals surface area (Å²) in [5, 5.41) is 0. The number of hydrogen-bond donors (Lipinski definition) is 1. The van der Waals surface area contributed by atoms with Crippen LogP contribution in [0, 0.1) is 0 Å². The van der Waals surface area contributed by atoms with Crippen molar-refractivity contribution in [1.82, 2.24) is 0 Å². The molecule has 0 spiro atoms. The fourth-order valence-corrected chi connectivity index (χ4v) is 2.03. The van der Waals surface area contributed by atoms with Gasteiger partial charge in [-0.3, -0.25) is 0 Å². The van der Waals surface area contributed by atoms with Crippen LogP contribution in [0.15, 0.2) is 29.2 Å². The van der Waals surface area contributed by atoms with E-state index in [4.69, 9.17) is 9.47 Å².